The van der Waals surface area contributed by atoms with E-state index in [2.05, 4.69) is 10.1 Å². The number of carboxylic acids is 1. The van der Waals surface area contributed by atoms with E-state index < -0.39 is 12.0 Å². The Labute approximate surface area is 132 Å². The molecule has 0 bridgehead atoms. The van der Waals surface area contributed by atoms with Gasteiger partial charge in [-0.1, -0.05) is 5.16 Å². The summed E-state index contributed by atoms with van der Waals surface area (Å²) in [5.41, 5.74) is 1.17. The molecule has 1 aliphatic rings. The fraction of sp³-hybridized carbons (Fsp3) is 0.375. The molecule has 1 fully saturated rings. The lowest BCUT2D eigenvalue weighted by Gasteiger charge is -2.33. The van der Waals surface area contributed by atoms with Crippen molar-refractivity contribution in [2.24, 2.45) is 0 Å². The van der Waals surface area contributed by atoms with Gasteiger partial charge in [0.2, 0.25) is 0 Å². The van der Waals surface area contributed by atoms with Gasteiger partial charge in [0, 0.05) is 17.7 Å². The summed E-state index contributed by atoms with van der Waals surface area (Å²) in [7, 11) is 0. The average molecular weight is 315 g/mol. The number of benzene rings is 1. The van der Waals surface area contributed by atoms with Crippen LogP contribution in [0.4, 0.5) is 0 Å². The molecule has 23 heavy (non-hydrogen) atoms. The summed E-state index contributed by atoms with van der Waals surface area (Å²) >= 11 is 0. The number of hydrogen-bond acceptors (Lipinski definition) is 5. The van der Waals surface area contributed by atoms with Crippen LogP contribution in [0.3, 0.4) is 0 Å². The van der Waals surface area contributed by atoms with Crippen molar-refractivity contribution in [1.82, 2.24) is 15.0 Å². The number of carbonyl (C=O) groups excluding carboxylic acids is 1. The molecule has 2 heterocycles. The molecule has 0 radical (unpaired) electrons. The molecule has 1 amide bonds. The van der Waals surface area contributed by atoms with Crippen molar-refractivity contribution in [1.29, 1.82) is 0 Å². The van der Waals surface area contributed by atoms with Gasteiger partial charge in [0.15, 0.2) is 5.82 Å². The van der Waals surface area contributed by atoms with Crippen LogP contribution in [0.5, 0.6) is 0 Å². The molecule has 0 saturated carbocycles. The summed E-state index contributed by atoms with van der Waals surface area (Å²) < 4.78 is 5.08. The van der Waals surface area contributed by atoms with Crippen molar-refractivity contribution in [3.05, 3.63) is 35.7 Å². The Morgan fingerprint density at radius 1 is 1.26 bits per heavy atom. The Morgan fingerprint density at radius 2 is 2.00 bits per heavy atom. The van der Waals surface area contributed by atoms with Crippen molar-refractivity contribution >= 4 is 11.9 Å². The van der Waals surface area contributed by atoms with Gasteiger partial charge in [0.1, 0.15) is 6.04 Å². The van der Waals surface area contributed by atoms with Crippen LogP contribution in [0.15, 0.2) is 28.8 Å². The third-order valence-corrected chi connectivity index (χ3v) is 3.96. The Bertz CT molecular complexity index is 723. The number of hydrogen-bond donors (Lipinski definition) is 1. The summed E-state index contributed by atoms with van der Waals surface area (Å²) in [4.78, 5) is 29.5. The summed E-state index contributed by atoms with van der Waals surface area (Å²) in [5, 5.41) is 13.0. The van der Waals surface area contributed by atoms with Gasteiger partial charge in [0.05, 0.1) is 0 Å². The van der Waals surface area contributed by atoms with Gasteiger partial charge in [-0.05, 0) is 50.5 Å². The lowest BCUT2D eigenvalue weighted by molar-refractivity contribution is -0.143. The number of carbonyl (C=O) groups is 2. The number of nitrogens with zero attached hydrogens (tertiary/aromatic N) is 3. The molecule has 1 saturated heterocycles. The predicted molar refractivity (Wildman–Crippen MR) is 80.8 cm³/mol. The first-order valence-electron chi connectivity index (χ1n) is 7.51. The van der Waals surface area contributed by atoms with Crippen LogP contribution in [-0.4, -0.2) is 44.6 Å². The smallest absolute Gasteiger partial charge is 0.326 e. The normalized spacial score (nSPS) is 18.0. The molecule has 1 aromatic heterocycles. The quantitative estimate of drug-likeness (QED) is 0.932. The zero-order chi connectivity index (χ0) is 16.4. The highest BCUT2D eigenvalue weighted by Gasteiger charge is 2.32. The minimum absolute atomic E-state index is 0.259. The Hall–Kier alpha value is -2.70. The summed E-state index contributed by atoms with van der Waals surface area (Å²) in [6, 6.07) is 6.02. The molecule has 0 unspecified atom stereocenters. The predicted octanol–water partition coefficient (Wildman–Crippen LogP) is 2.12. The first-order valence-corrected chi connectivity index (χ1v) is 7.51. The molecule has 2 aromatic rings. The Balaban J connectivity index is 1.80. The number of aliphatic carboxylic acids is 1. The van der Waals surface area contributed by atoms with Gasteiger partial charge in [-0.15, -0.1) is 0 Å². The minimum Gasteiger partial charge on any atom is -0.480 e. The van der Waals surface area contributed by atoms with Gasteiger partial charge in [-0.3, -0.25) is 4.79 Å². The molecule has 0 aliphatic carbocycles. The topological polar surface area (TPSA) is 96.5 Å². The zero-order valence-corrected chi connectivity index (χ0v) is 12.7. The monoisotopic (exact) mass is 315 g/mol. The van der Waals surface area contributed by atoms with E-state index in [1.807, 2.05) is 0 Å². The van der Waals surface area contributed by atoms with Gasteiger partial charge < -0.3 is 14.5 Å². The van der Waals surface area contributed by atoms with E-state index in [-0.39, 0.29) is 5.91 Å². The number of amides is 1. The summed E-state index contributed by atoms with van der Waals surface area (Å²) in [5.74, 6) is -0.276. The van der Waals surface area contributed by atoms with E-state index in [4.69, 9.17) is 4.52 Å². The van der Waals surface area contributed by atoms with Crippen molar-refractivity contribution in [3.8, 4) is 11.5 Å². The second-order valence-electron chi connectivity index (χ2n) is 5.57. The standard InChI is InChI=1S/C16H17N3O4/c1-10-17-14(23-18-10)11-5-7-12(8-6-11)15(20)19-9-3-2-4-13(19)16(21)22/h5-8,13H,2-4,9H2,1H3,(H,21,22)/t13-/m1/s1. The molecule has 1 atom stereocenters. The van der Waals surface area contributed by atoms with Gasteiger partial charge >= 0.3 is 5.97 Å². The highest BCUT2D eigenvalue weighted by molar-refractivity contribution is 5.97. The Morgan fingerprint density at radius 3 is 2.61 bits per heavy atom. The van der Waals surface area contributed by atoms with E-state index >= 15 is 0 Å². The van der Waals surface area contributed by atoms with Crippen molar-refractivity contribution in [2.45, 2.75) is 32.2 Å². The van der Waals surface area contributed by atoms with Crippen LogP contribution in [0, 0.1) is 6.92 Å². The SMILES string of the molecule is Cc1noc(-c2ccc(C(=O)N3CCCC[C@@H]3C(=O)O)cc2)n1. The number of aryl methyl sites for hydroxylation is 1. The zero-order valence-electron chi connectivity index (χ0n) is 12.7. The number of likely N-dealkylation sites (tertiary alicyclic amines) is 1. The van der Waals surface area contributed by atoms with E-state index in [1.165, 1.54) is 4.90 Å². The lowest BCUT2D eigenvalue weighted by Crippen LogP contribution is -2.47. The fourth-order valence-electron chi connectivity index (χ4n) is 2.77. The highest BCUT2D eigenvalue weighted by Crippen LogP contribution is 2.22. The number of carboxylic acid groups (broad SMARTS) is 1. The molecular weight excluding hydrogens is 298 g/mol. The minimum atomic E-state index is -0.948. The third-order valence-electron chi connectivity index (χ3n) is 3.96. The maximum absolute atomic E-state index is 12.6. The number of aromatic nitrogens is 2. The highest BCUT2D eigenvalue weighted by atomic mass is 16.5. The molecule has 7 nitrogen and oxygen atoms in total. The van der Waals surface area contributed by atoms with Crippen molar-refractivity contribution in [2.75, 3.05) is 6.54 Å². The van der Waals surface area contributed by atoms with Crippen LogP contribution < -0.4 is 0 Å². The summed E-state index contributed by atoms with van der Waals surface area (Å²) in [6.07, 6.45) is 2.16. The van der Waals surface area contributed by atoms with E-state index in [9.17, 15) is 14.7 Å². The number of rotatable bonds is 3. The lowest BCUT2D eigenvalue weighted by atomic mass is 10.0. The van der Waals surface area contributed by atoms with E-state index in [0.29, 0.717) is 30.2 Å². The summed E-state index contributed by atoms with van der Waals surface area (Å²) in [6.45, 7) is 2.20. The first kappa shape index (κ1) is 15.2. The average Bonchev–Trinajstić information content (AvgIpc) is 3.01. The third kappa shape index (κ3) is 3.08. The van der Waals surface area contributed by atoms with Gasteiger partial charge in [0.25, 0.3) is 11.8 Å². The van der Waals surface area contributed by atoms with Crippen LogP contribution in [0.2, 0.25) is 0 Å². The van der Waals surface area contributed by atoms with Gasteiger partial charge in [-0.2, -0.15) is 4.98 Å². The second-order valence-corrected chi connectivity index (χ2v) is 5.57. The maximum atomic E-state index is 12.6. The van der Waals surface area contributed by atoms with Crippen molar-refractivity contribution in [3.63, 3.8) is 0 Å². The fourth-order valence-corrected chi connectivity index (χ4v) is 2.77. The van der Waals surface area contributed by atoms with E-state index in [0.717, 1.165) is 18.4 Å². The van der Waals surface area contributed by atoms with Crippen molar-refractivity contribution < 1.29 is 19.2 Å². The van der Waals surface area contributed by atoms with Crippen LogP contribution in [0.1, 0.15) is 35.4 Å². The molecule has 0 spiro atoms. The molecule has 3 rings (SSSR count). The molecule has 1 aromatic carbocycles. The second kappa shape index (κ2) is 6.20. The molecular formula is C16H17N3O4. The van der Waals surface area contributed by atoms with Crippen LogP contribution in [0.25, 0.3) is 11.5 Å². The maximum Gasteiger partial charge on any atom is 0.326 e. The molecule has 1 N–H and O–H groups in total. The molecule has 1 aliphatic heterocycles. The molecule has 7 heteroatoms. The molecule has 120 valence electrons. The first-order chi connectivity index (χ1) is 11.1. The Kier molecular flexibility index (Phi) is 4.10. The van der Waals surface area contributed by atoms with Gasteiger partial charge in [-0.25, -0.2) is 4.79 Å². The largest absolute Gasteiger partial charge is 0.480 e. The van der Waals surface area contributed by atoms with Crippen LogP contribution >= 0.6 is 0 Å². The van der Waals surface area contributed by atoms with E-state index in [1.54, 1.807) is 31.2 Å². The number of piperidine rings is 1. The van der Waals surface area contributed by atoms with Crippen LogP contribution in [-0.2, 0) is 4.79 Å².